The van der Waals surface area contributed by atoms with Gasteiger partial charge in [0.05, 0.1) is 7.11 Å². The number of ether oxygens (including phenoxy) is 2. The molecule has 1 fully saturated rings. The zero-order valence-corrected chi connectivity index (χ0v) is 18.6. The summed E-state index contributed by atoms with van der Waals surface area (Å²) in [5, 5.41) is 8.66. The summed E-state index contributed by atoms with van der Waals surface area (Å²) in [6.07, 6.45) is 3.71. The first-order valence-electron chi connectivity index (χ1n) is 11.2. The van der Waals surface area contributed by atoms with E-state index in [9.17, 15) is 4.79 Å². The quantitative estimate of drug-likeness (QED) is 0.444. The van der Waals surface area contributed by atoms with Crippen LogP contribution in [0, 0.1) is 0 Å². The lowest BCUT2D eigenvalue weighted by molar-refractivity contribution is 0.0710. The number of methoxy groups -OCH3 is 1. The van der Waals surface area contributed by atoms with Crippen molar-refractivity contribution in [1.82, 2.24) is 19.5 Å². The third kappa shape index (κ3) is 4.39. The summed E-state index contributed by atoms with van der Waals surface area (Å²) < 4.78 is 13.5. The van der Waals surface area contributed by atoms with Crippen molar-refractivity contribution in [3.63, 3.8) is 0 Å². The van der Waals surface area contributed by atoms with Crippen molar-refractivity contribution in [2.45, 2.75) is 25.4 Å². The van der Waals surface area contributed by atoms with E-state index in [-0.39, 0.29) is 11.8 Å². The highest BCUT2D eigenvalue weighted by atomic mass is 16.5. The Kier molecular flexibility index (Phi) is 5.93. The van der Waals surface area contributed by atoms with Crippen molar-refractivity contribution in [2.75, 3.05) is 20.2 Å². The van der Waals surface area contributed by atoms with E-state index in [1.54, 1.807) is 13.2 Å². The molecule has 7 nitrogen and oxygen atoms in total. The smallest absolute Gasteiger partial charge is 0.253 e. The summed E-state index contributed by atoms with van der Waals surface area (Å²) in [5.74, 6) is 2.44. The molecule has 0 N–H and O–H groups in total. The Morgan fingerprint density at radius 3 is 2.55 bits per heavy atom. The number of fused-ring (bicyclic) bond motifs is 1. The molecule has 1 saturated heterocycles. The van der Waals surface area contributed by atoms with E-state index >= 15 is 0 Å². The molecule has 168 valence electrons. The number of aromatic nitrogens is 3. The number of likely N-dealkylation sites (tertiary alicyclic amines) is 1. The Morgan fingerprint density at radius 2 is 1.76 bits per heavy atom. The van der Waals surface area contributed by atoms with Crippen LogP contribution in [0.4, 0.5) is 0 Å². The monoisotopic (exact) mass is 442 g/mol. The average molecular weight is 443 g/mol. The van der Waals surface area contributed by atoms with E-state index in [1.807, 2.05) is 76.2 Å². The molecule has 1 amide bonds. The lowest BCUT2D eigenvalue weighted by Crippen LogP contribution is -2.38. The van der Waals surface area contributed by atoms with Gasteiger partial charge in [-0.1, -0.05) is 36.4 Å². The zero-order valence-electron chi connectivity index (χ0n) is 18.6. The van der Waals surface area contributed by atoms with E-state index in [0.717, 1.165) is 29.9 Å². The van der Waals surface area contributed by atoms with Gasteiger partial charge in [0.25, 0.3) is 5.91 Å². The minimum atomic E-state index is 0.00691. The topological polar surface area (TPSA) is 69.0 Å². The first-order chi connectivity index (χ1) is 16.2. The van der Waals surface area contributed by atoms with Crippen LogP contribution in [0.2, 0.25) is 0 Å². The lowest BCUT2D eigenvalue weighted by Gasteiger charge is -2.31. The Balaban J connectivity index is 1.24. The van der Waals surface area contributed by atoms with Crippen LogP contribution in [0.25, 0.3) is 5.65 Å². The van der Waals surface area contributed by atoms with Crippen LogP contribution in [0.1, 0.15) is 40.5 Å². The van der Waals surface area contributed by atoms with Gasteiger partial charge in [-0.05, 0) is 48.7 Å². The molecule has 0 radical (unpaired) electrons. The van der Waals surface area contributed by atoms with Crippen LogP contribution in [0.5, 0.6) is 11.5 Å². The van der Waals surface area contributed by atoms with Gasteiger partial charge in [0.15, 0.2) is 17.1 Å². The summed E-state index contributed by atoms with van der Waals surface area (Å²) in [6, 6.07) is 21.2. The molecule has 5 rings (SSSR count). The van der Waals surface area contributed by atoms with E-state index in [2.05, 4.69) is 10.2 Å². The van der Waals surface area contributed by atoms with Crippen molar-refractivity contribution in [3.05, 3.63) is 89.9 Å². The highest BCUT2D eigenvalue weighted by Gasteiger charge is 2.27. The molecule has 0 atom stereocenters. The number of benzene rings is 2. The summed E-state index contributed by atoms with van der Waals surface area (Å²) in [7, 11) is 1.59. The van der Waals surface area contributed by atoms with Gasteiger partial charge in [0, 0.05) is 30.8 Å². The molecule has 0 bridgehead atoms. The average Bonchev–Trinajstić information content (AvgIpc) is 3.32. The number of nitrogens with zero attached hydrogens (tertiary/aromatic N) is 4. The van der Waals surface area contributed by atoms with Crippen LogP contribution >= 0.6 is 0 Å². The number of rotatable bonds is 6. The third-order valence-electron chi connectivity index (χ3n) is 6.14. The van der Waals surface area contributed by atoms with Gasteiger partial charge < -0.3 is 14.4 Å². The molecule has 1 aliphatic heterocycles. The molecule has 3 heterocycles. The van der Waals surface area contributed by atoms with Crippen molar-refractivity contribution >= 4 is 11.6 Å². The number of carbonyl (C=O) groups is 1. The van der Waals surface area contributed by atoms with Crippen molar-refractivity contribution in [1.29, 1.82) is 0 Å². The maximum atomic E-state index is 13.2. The predicted molar refractivity (Wildman–Crippen MR) is 125 cm³/mol. The fourth-order valence-corrected chi connectivity index (χ4v) is 4.32. The Morgan fingerprint density at radius 1 is 0.970 bits per heavy atom. The number of carbonyl (C=O) groups excluding carboxylic acids is 1. The van der Waals surface area contributed by atoms with Crippen LogP contribution in [-0.2, 0) is 6.61 Å². The standard InChI is InChI=1S/C26H26N4O3/c1-32-23-17-21(10-11-22(23)33-18-19-7-3-2-4-8-19)26(31)29-15-12-20(13-16-29)25-28-27-24-9-5-6-14-30(24)25/h2-11,14,17,20H,12-13,15-16,18H2,1H3. The molecule has 0 spiro atoms. The van der Waals surface area contributed by atoms with Gasteiger partial charge in [-0.3, -0.25) is 9.20 Å². The SMILES string of the molecule is COc1cc(C(=O)N2CCC(c3nnc4ccccn34)CC2)ccc1OCc1ccccc1. The second-order valence-electron chi connectivity index (χ2n) is 8.19. The number of amides is 1. The summed E-state index contributed by atoms with van der Waals surface area (Å²) >= 11 is 0. The molecule has 2 aromatic carbocycles. The maximum Gasteiger partial charge on any atom is 0.253 e. The Labute approximate surface area is 192 Å². The number of piperidine rings is 1. The largest absolute Gasteiger partial charge is 0.493 e. The van der Waals surface area contributed by atoms with Gasteiger partial charge in [0.2, 0.25) is 0 Å². The first-order valence-corrected chi connectivity index (χ1v) is 11.2. The van der Waals surface area contributed by atoms with Crippen LogP contribution in [-0.4, -0.2) is 45.6 Å². The second-order valence-corrected chi connectivity index (χ2v) is 8.19. The second kappa shape index (κ2) is 9.32. The van der Waals surface area contributed by atoms with Gasteiger partial charge in [-0.15, -0.1) is 10.2 Å². The van der Waals surface area contributed by atoms with Gasteiger partial charge in [-0.2, -0.15) is 0 Å². The molecule has 0 aliphatic carbocycles. The van der Waals surface area contributed by atoms with Crippen molar-refractivity contribution in [3.8, 4) is 11.5 Å². The van der Waals surface area contributed by atoms with E-state index in [1.165, 1.54) is 0 Å². The van der Waals surface area contributed by atoms with Crippen molar-refractivity contribution in [2.24, 2.45) is 0 Å². The lowest BCUT2D eigenvalue weighted by atomic mass is 9.95. The van der Waals surface area contributed by atoms with E-state index in [0.29, 0.717) is 36.8 Å². The third-order valence-corrected chi connectivity index (χ3v) is 6.14. The molecule has 7 heteroatoms. The number of pyridine rings is 1. The van der Waals surface area contributed by atoms with Crippen LogP contribution < -0.4 is 9.47 Å². The zero-order chi connectivity index (χ0) is 22.6. The molecule has 1 aliphatic rings. The minimum Gasteiger partial charge on any atom is -0.493 e. The highest BCUT2D eigenvalue weighted by Crippen LogP contribution is 2.31. The van der Waals surface area contributed by atoms with E-state index in [4.69, 9.17) is 9.47 Å². The molecule has 2 aromatic heterocycles. The molecular weight excluding hydrogens is 416 g/mol. The van der Waals surface area contributed by atoms with Gasteiger partial charge >= 0.3 is 0 Å². The van der Waals surface area contributed by atoms with E-state index < -0.39 is 0 Å². The van der Waals surface area contributed by atoms with Crippen molar-refractivity contribution < 1.29 is 14.3 Å². The molecule has 0 saturated carbocycles. The van der Waals surface area contributed by atoms with Crippen LogP contribution in [0.3, 0.4) is 0 Å². The normalized spacial score (nSPS) is 14.4. The molecule has 0 unspecified atom stereocenters. The van der Waals surface area contributed by atoms with Gasteiger partial charge in [-0.25, -0.2) is 0 Å². The Bertz CT molecular complexity index is 1250. The van der Waals surface area contributed by atoms with Gasteiger partial charge in [0.1, 0.15) is 12.4 Å². The fourth-order valence-electron chi connectivity index (χ4n) is 4.32. The molecule has 33 heavy (non-hydrogen) atoms. The number of hydrogen-bond acceptors (Lipinski definition) is 5. The highest BCUT2D eigenvalue weighted by molar-refractivity contribution is 5.95. The molecular formula is C26H26N4O3. The fraction of sp³-hybridized carbons (Fsp3) is 0.269. The summed E-state index contributed by atoms with van der Waals surface area (Å²) in [5.41, 5.74) is 2.53. The number of hydrogen-bond donors (Lipinski definition) is 0. The van der Waals surface area contributed by atoms with Crippen LogP contribution in [0.15, 0.2) is 72.9 Å². The molecule has 4 aromatic rings. The minimum absolute atomic E-state index is 0.00691. The Hall–Kier alpha value is -3.87. The maximum absolute atomic E-state index is 13.2. The predicted octanol–water partition coefficient (Wildman–Crippen LogP) is 4.34. The summed E-state index contributed by atoms with van der Waals surface area (Å²) in [4.78, 5) is 15.1. The summed E-state index contributed by atoms with van der Waals surface area (Å²) in [6.45, 7) is 1.80. The first kappa shape index (κ1) is 21.0.